The fourth-order valence-electron chi connectivity index (χ4n) is 1.01. The molecule has 2 atom stereocenters. The van der Waals surface area contributed by atoms with Gasteiger partial charge in [0, 0.05) is 6.04 Å². The summed E-state index contributed by atoms with van der Waals surface area (Å²) >= 11 is 0. The van der Waals surface area contributed by atoms with Crippen molar-refractivity contribution in [1.82, 2.24) is 0 Å². The summed E-state index contributed by atoms with van der Waals surface area (Å²) in [5, 5.41) is 0. The minimum Gasteiger partial charge on any atom is -0.489 e. The summed E-state index contributed by atoms with van der Waals surface area (Å²) in [6.07, 6.45) is 0.0572. The summed E-state index contributed by atoms with van der Waals surface area (Å²) in [6, 6.07) is 8.05. The summed E-state index contributed by atoms with van der Waals surface area (Å²) in [6.45, 7) is 5.97. The second-order valence-electron chi connectivity index (χ2n) is 3.50. The summed E-state index contributed by atoms with van der Waals surface area (Å²) in [5.74, 6) is 0.893. The van der Waals surface area contributed by atoms with Crippen molar-refractivity contribution in [2.45, 2.75) is 32.9 Å². The van der Waals surface area contributed by atoms with Crippen molar-refractivity contribution in [1.29, 1.82) is 0 Å². The topological polar surface area (TPSA) is 35.2 Å². The zero-order valence-corrected chi connectivity index (χ0v) is 8.45. The molecule has 2 heteroatoms. The molecule has 0 saturated heterocycles. The number of hydrogen-bond acceptors (Lipinski definition) is 2. The average Bonchev–Trinajstić information content (AvgIpc) is 2.04. The van der Waals surface area contributed by atoms with Crippen molar-refractivity contribution < 1.29 is 4.74 Å². The van der Waals surface area contributed by atoms with Gasteiger partial charge in [0.15, 0.2) is 0 Å². The van der Waals surface area contributed by atoms with Crippen LogP contribution < -0.4 is 10.5 Å². The van der Waals surface area contributed by atoms with E-state index in [1.54, 1.807) is 0 Å². The van der Waals surface area contributed by atoms with Gasteiger partial charge in [-0.2, -0.15) is 0 Å². The molecule has 72 valence electrons. The van der Waals surface area contributed by atoms with E-state index in [0.717, 1.165) is 5.75 Å². The summed E-state index contributed by atoms with van der Waals surface area (Å²) in [7, 11) is 0. The van der Waals surface area contributed by atoms with Crippen LogP contribution >= 0.6 is 0 Å². The van der Waals surface area contributed by atoms with Crippen LogP contribution in [0.2, 0.25) is 0 Å². The lowest BCUT2D eigenvalue weighted by Gasteiger charge is -2.18. The van der Waals surface area contributed by atoms with Crippen LogP contribution in [0.25, 0.3) is 0 Å². The molecule has 0 spiro atoms. The standard InChI is InChI=1S/C11H17NO/c1-8-5-4-6-11(7-8)13-10(3)9(2)12/h4-7,9-10H,12H2,1-3H3/t9-,10?/m1/s1. The molecule has 1 aromatic carbocycles. The Morgan fingerprint density at radius 1 is 1.31 bits per heavy atom. The van der Waals surface area contributed by atoms with E-state index < -0.39 is 0 Å². The first-order valence-electron chi connectivity index (χ1n) is 4.58. The van der Waals surface area contributed by atoms with E-state index in [9.17, 15) is 0 Å². The second-order valence-corrected chi connectivity index (χ2v) is 3.50. The fourth-order valence-corrected chi connectivity index (χ4v) is 1.01. The van der Waals surface area contributed by atoms with Crippen molar-refractivity contribution in [2.24, 2.45) is 5.73 Å². The van der Waals surface area contributed by atoms with Crippen molar-refractivity contribution in [2.75, 3.05) is 0 Å². The van der Waals surface area contributed by atoms with Crippen LogP contribution in [-0.2, 0) is 0 Å². The first kappa shape index (κ1) is 10.1. The highest BCUT2D eigenvalue weighted by Gasteiger charge is 2.08. The molecule has 0 fully saturated rings. The van der Waals surface area contributed by atoms with Gasteiger partial charge < -0.3 is 10.5 Å². The van der Waals surface area contributed by atoms with Crippen LogP contribution in [-0.4, -0.2) is 12.1 Å². The van der Waals surface area contributed by atoms with Gasteiger partial charge in [-0.05, 0) is 38.5 Å². The molecule has 2 N–H and O–H groups in total. The quantitative estimate of drug-likeness (QED) is 0.771. The Balaban J connectivity index is 2.64. The van der Waals surface area contributed by atoms with Gasteiger partial charge in [-0.1, -0.05) is 12.1 Å². The van der Waals surface area contributed by atoms with Crippen LogP contribution in [0.15, 0.2) is 24.3 Å². The maximum atomic E-state index is 5.70. The molecule has 0 saturated carbocycles. The predicted molar refractivity (Wildman–Crippen MR) is 54.9 cm³/mol. The monoisotopic (exact) mass is 179 g/mol. The highest BCUT2D eigenvalue weighted by Crippen LogP contribution is 2.14. The normalized spacial score (nSPS) is 15.1. The molecule has 0 aliphatic carbocycles. The molecule has 1 unspecified atom stereocenters. The molecule has 0 heterocycles. The van der Waals surface area contributed by atoms with E-state index in [-0.39, 0.29) is 12.1 Å². The number of rotatable bonds is 3. The molecule has 0 aliphatic heterocycles. The van der Waals surface area contributed by atoms with Crippen LogP contribution in [0.5, 0.6) is 5.75 Å². The lowest BCUT2D eigenvalue weighted by molar-refractivity contribution is 0.196. The number of nitrogens with two attached hydrogens (primary N) is 1. The molecular weight excluding hydrogens is 162 g/mol. The van der Waals surface area contributed by atoms with E-state index in [2.05, 4.69) is 0 Å². The highest BCUT2D eigenvalue weighted by atomic mass is 16.5. The number of ether oxygens (including phenoxy) is 1. The number of aryl methyl sites for hydroxylation is 1. The predicted octanol–water partition coefficient (Wildman–Crippen LogP) is 2.11. The largest absolute Gasteiger partial charge is 0.489 e. The molecular formula is C11H17NO. The Labute approximate surface area is 79.7 Å². The van der Waals surface area contributed by atoms with Crippen LogP contribution in [0.3, 0.4) is 0 Å². The number of benzene rings is 1. The lowest BCUT2D eigenvalue weighted by Crippen LogP contribution is -2.33. The third-order valence-corrected chi connectivity index (χ3v) is 2.05. The van der Waals surface area contributed by atoms with E-state index >= 15 is 0 Å². The van der Waals surface area contributed by atoms with Gasteiger partial charge in [0.25, 0.3) is 0 Å². The fraction of sp³-hybridized carbons (Fsp3) is 0.455. The third-order valence-electron chi connectivity index (χ3n) is 2.05. The highest BCUT2D eigenvalue weighted by molar-refractivity contribution is 5.27. The molecule has 0 aliphatic rings. The van der Waals surface area contributed by atoms with Crippen molar-refractivity contribution in [3.63, 3.8) is 0 Å². The van der Waals surface area contributed by atoms with E-state index in [0.29, 0.717) is 0 Å². The molecule has 1 rings (SSSR count). The van der Waals surface area contributed by atoms with Gasteiger partial charge >= 0.3 is 0 Å². The van der Waals surface area contributed by atoms with Gasteiger partial charge in [0.2, 0.25) is 0 Å². The smallest absolute Gasteiger partial charge is 0.120 e. The minimum atomic E-state index is 0.0560. The van der Waals surface area contributed by atoms with Gasteiger partial charge in [0.1, 0.15) is 11.9 Å². The van der Waals surface area contributed by atoms with Gasteiger partial charge in [-0.15, -0.1) is 0 Å². The molecule has 2 nitrogen and oxygen atoms in total. The molecule has 1 aromatic rings. The Morgan fingerprint density at radius 3 is 2.54 bits per heavy atom. The van der Waals surface area contributed by atoms with Crippen LogP contribution in [0, 0.1) is 6.92 Å². The van der Waals surface area contributed by atoms with Crippen LogP contribution in [0.4, 0.5) is 0 Å². The SMILES string of the molecule is Cc1cccc(OC(C)[C@@H](C)N)c1. The molecule has 0 bridgehead atoms. The van der Waals surface area contributed by atoms with Crippen molar-refractivity contribution in [3.8, 4) is 5.75 Å². The van der Waals surface area contributed by atoms with Gasteiger partial charge in [-0.3, -0.25) is 0 Å². The molecule has 0 amide bonds. The first-order valence-corrected chi connectivity index (χ1v) is 4.58. The maximum Gasteiger partial charge on any atom is 0.120 e. The van der Waals surface area contributed by atoms with E-state index in [1.807, 2.05) is 45.0 Å². The molecule has 13 heavy (non-hydrogen) atoms. The Bertz CT molecular complexity index is 271. The Hall–Kier alpha value is -1.02. The zero-order chi connectivity index (χ0) is 9.84. The molecule has 0 radical (unpaired) electrons. The lowest BCUT2D eigenvalue weighted by atomic mass is 10.2. The van der Waals surface area contributed by atoms with Gasteiger partial charge in [0.05, 0.1) is 0 Å². The third kappa shape index (κ3) is 3.07. The Morgan fingerprint density at radius 2 is 2.00 bits per heavy atom. The van der Waals surface area contributed by atoms with Gasteiger partial charge in [-0.25, -0.2) is 0 Å². The summed E-state index contributed by atoms with van der Waals surface area (Å²) in [4.78, 5) is 0. The van der Waals surface area contributed by atoms with E-state index in [4.69, 9.17) is 10.5 Å². The minimum absolute atomic E-state index is 0.0560. The molecule has 0 aromatic heterocycles. The Kier molecular flexibility index (Phi) is 3.32. The average molecular weight is 179 g/mol. The summed E-state index contributed by atoms with van der Waals surface area (Å²) < 4.78 is 5.63. The zero-order valence-electron chi connectivity index (χ0n) is 8.45. The number of hydrogen-bond donors (Lipinski definition) is 1. The van der Waals surface area contributed by atoms with Crippen LogP contribution in [0.1, 0.15) is 19.4 Å². The first-order chi connectivity index (χ1) is 6.09. The van der Waals surface area contributed by atoms with E-state index in [1.165, 1.54) is 5.56 Å². The summed E-state index contributed by atoms with van der Waals surface area (Å²) in [5.41, 5.74) is 6.90. The van der Waals surface area contributed by atoms with Crippen molar-refractivity contribution >= 4 is 0 Å². The maximum absolute atomic E-state index is 5.70. The second kappa shape index (κ2) is 4.28. The van der Waals surface area contributed by atoms with Crippen molar-refractivity contribution in [3.05, 3.63) is 29.8 Å².